The summed E-state index contributed by atoms with van der Waals surface area (Å²) in [4.78, 5) is 21.1. The summed E-state index contributed by atoms with van der Waals surface area (Å²) in [5, 5.41) is 6.52. The topological polar surface area (TPSA) is 51.6 Å². The van der Waals surface area contributed by atoms with Crippen LogP contribution in [0.4, 0.5) is 0 Å². The molecule has 0 N–H and O–H groups in total. The average Bonchev–Trinajstić information content (AvgIpc) is 3.24. The van der Waals surface area contributed by atoms with Crippen LogP contribution in [0.15, 0.2) is 158 Å². The molecule has 4 aromatic heterocycles. The van der Waals surface area contributed by atoms with Gasteiger partial charge in [0.25, 0.3) is 0 Å². The highest BCUT2D eigenvalue weighted by Crippen LogP contribution is 2.37. The zero-order valence-electron chi connectivity index (χ0n) is 33.8. The third-order valence-corrected chi connectivity index (χ3v) is 11.6. The predicted octanol–water partition coefficient (Wildman–Crippen LogP) is 14.3. The van der Waals surface area contributed by atoms with Gasteiger partial charge in [0.2, 0.25) is 0 Å². The van der Waals surface area contributed by atoms with Gasteiger partial charge in [-0.2, -0.15) is 0 Å². The summed E-state index contributed by atoms with van der Waals surface area (Å²) in [7, 11) is 0. The average molecular weight is 749 g/mol. The number of nitrogens with zero attached hydrogens (tertiary/aromatic N) is 4. The van der Waals surface area contributed by atoms with Crippen LogP contribution in [0.25, 0.3) is 99.4 Å². The van der Waals surface area contributed by atoms with Crippen LogP contribution >= 0.6 is 0 Å². The highest BCUT2D eigenvalue weighted by molar-refractivity contribution is 6.08. The summed E-state index contributed by atoms with van der Waals surface area (Å²) in [5.41, 5.74) is 14.5. The minimum absolute atomic E-state index is 0.0945. The van der Waals surface area contributed by atoms with Gasteiger partial charge >= 0.3 is 0 Å². The molecule has 0 radical (unpaired) electrons. The van der Waals surface area contributed by atoms with E-state index < -0.39 is 0 Å². The zero-order chi connectivity index (χ0) is 39.8. The lowest BCUT2D eigenvalue weighted by molar-refractivity contribution is 0.590. The van der Waals surface area contributed by atoms with Crippen molar-refractivity contribution in [1.82, 2.24) is 19.9 Å². The molecule has 0 aliphatic rings. The van der Waals surface area contributed by atoms with Crippen molar-refractivity contribution in [3.05, 3.63) is 169 Å². The molecule has 0 fully saturated rings. The van der Waals surface area contributed by atoms with Crippen LogP contribution in [0, 0.1) is 0 Å². The molecule has 0 amide bonds. The number of fused-ring (bicyclic) bond motifs is 7. The first-order chi connectivity index (χ1) is 28.0. The molecular formula is C54H44N4. The Labute approximate surface area is 339 Å². The molecule has 280 valence electrons. The van der Waals surface area contributed by atoms with Gasteiger partial charge in [0.05, 0.1) is 44.8 Å². The number of benzene rings is 6. The summed E-state index contributed by atoms with van der Waals surface area (Å²) in [6, 6.07) is 56.3. The van der Waals surface area contributed by atoms with E-state index in [1.807, 2.05) is 0 Å². The van der Waals surface area contributed by atoms with Gasteiger partial charge < -0.3 is 0 Å². The second-order valence-electron chi connectivity index (χ2n) is 17.6. The van der Waals surface area contributed by atoms with Crippen LogP contribution in [-0.2, 0) is 10.8 Å². The van der Waals surface area contributed by atoms with E-state index in [0.717, 1.165) is 99.4 Å². The van der Waals surface area contributed by atoms with Crippen LogP contribution in [0.1, 0.15) is 52.7 Å². The first-order valence-corrected chi connectivity index (χ1v) is 20.1. The minimum Gasteiger partial charge on any atom is -0.245 e. The Morgan fingerprint density at radius 2 is 0.586 bits per heavy atom. The molecule has 4 heterocycles. The first kappa shape index (κ1) is 35.6. The van der Waals surface area contributed by atoms with Crippen LogP contribution in [0.2, 0.25) is 0 Å². The van der Waals surface area contributed by atoms with Gasteiger partial charge in [-0.3, -0.25) is 0 Å². The number of pyridine rings is 4. The smallest absolute Gasteiger partial charge is 0.0972 e. The largest absolute Gasteiger partial charge is 0.245 e. The molecule has 0 aliphatic heterocycles. The Kier molecular flexibility index (Phi) is 8.24. The zero-order valence-corrected chi connectivity index (χ0v) is 33.8. The van der Waals surface area contributed by atoms with E-state index >= 15 is 0 Å². The van der Waals surface area contributed by atoms with Crippen molar-refractivity contribution < 1.29 is 0 Å². The second kappa shape index (κ2) is 13.4. The lowest BCUT2D eigenvalue weighted by atomic mass is 9.86. The van der Waals surface area contributed by atoms with Crippen LogP contribution in [0.3, 0.4) is 0 Å². The van der Waals surface area contributed by atoms with E-state index in [9.17, 15) is 0 Å². The van der Waals surface area contributed by atoms with E-state index in [1.54, 1.807) is 0 Å². The van der Waals surface area contributed by atoms with E-state index in [2.05, 4.69) is 199 Å². The molecule has 4 heteroatoms. The molecule has 0 atom stereocenters. The summed E-state index contributed by atoms with van der Waals surface area (Å²) < 4.78 is 0. The molecule has 4 nitrogen and oxygen atoms in total. The van der Waals surface area contributed by atoms with Gasteiger partial charge in [0.15, 0.2) is 0 Å². The van der Waals surface area contributed by atoms with Crippen molar-refractivity contribution in [2.24, 2.45) is 0 Å². The predicted molar refractivity (Wildman–Crippen MR) is 244 cm³/mol. The molecule has 6 aromatic carbocycles. The maximum atomic E-state index is 5.35. The van der Waals surface area contributed by atoms with Gasteiger partial charge in [0, 0.05) is 43.8 Å². The van der Waals surface area contributed by atoms with Crippen molar-refractivity contribution >= 4 is 54.4 Å². The fraction of sp³-hybridized carbons (Fsp3) is 0.148. The van der Waals surface area contributed by atoms with E-state index in [1.165, 1.54) is 11.1 Å². The van der Waals surface area contributed by atoms with Crippen molar-refractivity contribution in [2.45, 2.75) is 52.4 Å². The SMILES string of the molecule is CC(C)(C)c1ccc(-c2ccc3ccc4ccc(-c5cccc6c(-c7ccc8ccc9ccc(-c%10ccc(C(C)(C)C)cc%10)nc9c8n7)cccc56)nc4c3n2)cc1. The van der Waals surface area contributed by atoms with Gasteiger partial charge in [-0.15, -0.1) is 0 Å². The van der Waals surface area contributed by atoms with Crippen LogP contribution in [-0.4, -0.2) is 19.9 Å². The van der Waals surface area contributed by atoms with Gasteiger partial charge in [-0.05, 0) is 57.0 Å². The van der Waals surface area contributed by atoms with Crippen molar-refractivity contribution in [2.75, 3.05) is 0 Å². The lowest BCUT2D eigenvalue weighted by Gasteiger charge is -2.19. The molecule has 0 spiro atoms. The Morgan fingerprint density at radius 3 is 0.914 bits per heavy atom. The van der Waals surface area contributed by atoms with E-state index in [-0.39, 0.29) is 10.8 Å². The molecule has 58 heavy (non-hydrogen) atoms. The normalized spacial score (nSPS) is 12.3. The van der Waals surface area contributed by atoms with Crippen LogP contribution in [0.5, 0.6) is 0 Å². The monoisotopic (exact) mass is 748 g/mol. The fourth-order valence-electron chi connectivity index (χ4n) is 8.20. The van der Waals surface area contributed by atoms with Crippen molar-refractivity contribution in [1.29, 1.82) is 0 Å². The number of hydrogen-bond donors (Lipinski definition) is 0. The van der Waals surface area contributed by atoms with Gasteiger partial charge in [-0.25, -0.2) is 19.9 Å². The van der Waals surface area contributed by atoms with E-state index in [4.69, 9.17) is 19.9 Å². The van der Waals surface area contributed by atoms with Crippen molar-refractivity contribution in [3.8, 4) is 45.0 Å². The Bertz CT molecular complexity index is 3000. The van der Waals surface area contributed by atoms with E-state index in [0.29, 0.717) is 0 Å². The minimum atomic E-state index is 0.0945. The van der Waals surface area contributed by atoms with Gasteiger partial charge in [0.1, 0.15) is 0 Å². The Hall–Kier alpha value is -6.78. The van der Waals surface area contributed by atoms with Crippen molar-refractivity contribution in [3.63, 3.8) is 0 Å². The van der Waals surface area contributed by atoms with Crippen LogP contribution < -0.4 is 0 Å². The summed E-state index contributed by atoms with van der Waals surface area (Å²) in [6.45, 7) is 13.4. The number of aromatic nitrogens is 4. The lowest BCUT2D eigenvalue weighted by Crippen LogP contribution is -2.10. The quantitative estimate of drug-likeness (QED) is 0.168. The molecular weight excluding hydrogens is 705 g/mol. The number of hydrogen-bond acceptors (Lipinski definition) is 4. The second-order valence-corrected chi connectivity index (χ2v) is 17.6. The highest BCUT2D eigenvalue weighted by Gasteiger charge is 2.17. The Balaban J connectivity index is 1.06. The fourth-order valence-corrected chi connectivity index (χ4v) is 8.20. The third-order valence-electron chi connectivity index (χ3n) is 11.6. The highest BCUT2D eigenvalue weighted by atomic mass is 14.8. The molecule has 10 aromatic rings. The Morgan fingerprint density at radius 1 is 0.293 bits per heavy atom. The summed E-state index contributed by atoms with van der Waals surface area (Å²) in [5.74, 6) is 0. The maximum absolute atomic E-state index is 5.35. The molecule has 0 saturated carbocycles. The molecule has 0 unspecified atom stereocenters. The molecule has 10 rings (SSSR count). The maximum Gasteiger partial charge on any atom is 0.0972 e. The first-order valence-electron chi connectivity index (χ1n) is 20.1. The summed E-state index contributed by atoms with van der Waals surface area (Å²) >= 11 is 0. The van der Waals surface area contributed by atoms with Gasteiger partial charge in [-0.1, -0.05) is 175 Å². The molecule has 0 bridgehead atoms. The molecule has 0 aliphatic carbocycles. The number of rotatable bonds is 4. The standard InChI is InChI=1S/C54H44N4/c1-53(2,3)39-25-17-33(18-26-39)45-29-21-35-13-15-37-23-31-47(57-51(37)49(35)55-45)43-11-7-10-42-41(43)9-8-12-44(42)48-32-24-38-16-14-36-22-30-46(56-50(36)52(38)58-48)34-19-27-40(28-20-34)54(4,5)6/h7-32H,1-6H3. The third kappa shape index (κ3) is 6.26. The summed E-state index contributed by atoms with van der Waals surface area (Å²) in [6.07, 6.45) is 0. The molecule has 0 saturated heterocycles.